The van der Waals surface area contributed by atoms with E-state index in [1.54, 1.807) is 0 Å². The molecule has 0 aliphatic carbocycles. The van der Waals surface area contributed by atoms with E-state index < -0.39 is 11.8 Å². The number of halogens is 2. The highest BCUT2D eigenvalue weighted by Crippen LogP contribution is 2.27. The Morgan fingerprint density at radius 1 is 1.32 bits per heavy atom. The maximum absolute atomic E-state index is 13.3. The predicted octanol–water partition coefficient (Wildman–Crippen LogP) is 3.25. The maximum Gasteiger partial charge on any atom is 0.341 e. The zero-order valence-electron chi connectivity index (χ0n) is 9.85. The Labute approximate surface area is 113 Å². The molecule has 98 valence electrons. The monoisotopic (exact) mass is 281 g/mol. The van der Waals surface area contributed by atoms with Crippen molar-refractivity contribution in [2.45, 2.75) is 0 Å². The van der Waals surface area contributed by atoms with E-state index in [1.165, 1.54) is 37.6 Å². The van der Waals surface area contributed by atoms with Gasteiger partial charge < -0.3 is 9.84 Å². The third kappa shape index (κ3) is 2.82. The molecule has 0 fully saturated rings. The molecule has 0 aliphatic heterocycles. The normalized spacial score (nSPS) is 10.3. The highest BCUT2D eigenvalue weighted by Gasteiger charge is 2.14. The smallest absolute Gasteiger partial charge is 0.341 e. The van der Waals surface area contributed by atoms with Gasteiger partial charge in [0, 0.05) is 16.8 Å². The van der Waals surface area contributed by atoms with Crippen molar-refractivity contribution in [2.24, 2.45) is 0 Å². The largest absolute Gasteiger partial charge is 0.480 e. The Balaban J connectivity index is 2.57. The molecular weight excluding hydrogens is 273 g/mol. The summed E-state index contributed by atoms with van der Waals surface area (Å²) in [6.45, 7) is 0. The molecule has 0 radical (unpaired) electrons. The van der Waals surface area contributed by atoms with Crippen LogP contribution in [0.25, 0.3) is 11.1 Å². The van der Waals surface area contributed by atoms with E-state index in [0.717, 1.165) is 0 Å². The second-order valence-electron chi connectivity index (χ2n) is 3.74. The van der Waals surface area contributed by atoms with Crippen LogP contribution in [0.1, 0.15) is 10.4 Å². The van der Waals surface area contributed by atoms with Gasteiger partial charge in [-0.3, -0.25) is 0 Å². The van der Waals surface area contributed by atoms with Gasteiger partial charge >= 0.3 is 5.97 Å². The van der Waals surface area contributed by atoms with Crippen LogP contribution in [0.2, 0.25) is 5.02 Å². The van der Waals surface area contributed by atoms with Gasteiger partial charge in [0.15, 0.2) is 0 Å². The number of pyridine rings is 1. The molecular formula is C13H9ClFNO3. The van der Waals surface area contributed by atoms with Gasteiger partial charge in [-0.25, -0.2) is 14.2 Å². The Kier molecular flexibility index (Phi) is 3.66. The van der Waals surface area contributed by atoms with Crippen LogP contribution in [0.4, 0.5) is 4.39 Å². The summed E-state index contributed by atoms with van der Waals surface area (Å²) in [5.41, 5.74) is 0.794. The number of hydrogen-bond donors (Lipinski definition) is 1. The van der Waals surface area contributed by atoms with Crippen LogP contribution in [-0.4, -0.2) is 23.2 Å². The fraction of sp³-hybridized carbons (Fsp3) is 0.0769. The molecule has 0 aliphatic rings. The highest BCUT2D eigenvalue weighted by molar-refractivity contribution is 6.30. The van der Waals surface area contributed by atoms with Crippen molar-refractivity contribution in [3.63, 3.8) is 0 Å². The van der Waals surface area contributed by atoms with Crippen LogP contribution in [-0.2, 0) is 0 Å². The fourth-order valence-corrected chi connectivity index (χ4v) is 1.87. The highest BCUT2D eigenvalue weighted by atomic mass is 35.5. The zero-order valence-corrected chi connectivity index (χ0v) is 10.6. The van der Waals surface area contributed by atoms with Gasteiger partial charge in [0.1, 0.15) is 11.4 Å². The van der Waals surface area contributed by atoms with Crippen molar-refractivity contribution in [1.29, 1.82) is 0 Å². The Morgan fingerprint density at radius 3 is 2.63 bits per heavy atom. The molecule has 0 bridgehead atoms. The third-order valence-corrected chi connectivity index (χ3v) is 2.69. The van der Waals surface area contributed by atoms with E-state index in [-0.39, 0.29) is 16.5 Å². The molecule has 0 atom stereocenters. The van der Waals surface area contributed by atoms with E-state index in [4.69, 9.17) is 21.4 Å². The van der Waals surface area contributed by atoms with Gasteiger partial charge in [-0.15, -0.1) is 0 Å². The van der Waals surface area contributed by atoms with Crippen LogP contribution in [0.3, 0.4) is 0 Å². The van der Waals surface area contributed by atoms with Crippen LogP contribution < -0.4 is 4.74 Å². The minimum atomic E-state index is -1.17. The Bertz CT molecular complexity index is 626. The number of aromatic carboxylic acids is 1. The summed E-state index contributed by atoms with van der Waals surface area (Å²) in [5, 5.41) is 9.28. The molecule has 19 heavy (non-hydrogen) atoms. The zero-order chi connectivity index (χ0) is 14.0. The lowest BCUT2D eigenvalue weighted by Crippen LogP contribution is -2.02. The first-order valence-corrected chi connectivity index (χ1v) is 5.63. The predicted molar refractivity (Wildman–Crippen MR) is 68.2 cm³/mol. The van der Waals surface area contributed by atoms with Crippen LogP contribution in [0.15, 0.2) is 30.5 Å². The molecule has 0 spiro atoms. The van der Waals surface area contributed by atoms with E-state index in [9.17, 15) is 9.18 Å². The summed E-state index contributed by atoms with van der Waals surface area (Å²) >= 11 is 5.76. The number of aromatic nitrogens is 1. The van der Waals surface area contributed by atoms with Gasteiger partial charge in [-0.2, -0.15) is 0 Å². The second-order valence-corrected chi connectivity index (χ2v) is 4.18. The lowest BCUT2D eigenvalue weighted by atomic mass is 10.1. The molecule has 2 rings (SSSR count). The minimum Gasteiger partial charge on any atom is -0.480 e. The lowest BCUT2D eigenvalue weighted by Gasteiger charge is -2.07. The number of benzene rings is 1. The van der Waals surface area contributed by atoms with Gasteiger partial charge in [0.2, 0.25) is 5.88 Å². The number of carbonyl (C=O) groups is 1. The van der Waals surface area contributed by atoms with Crippen molar-refractivity contribution in [2.75, 3.05) is 7.11 Å². The molecule has 4 nitrogen and oxygen atoms in total. The number of hydrogen-bond acceptors (Lipinski definition) is 3. The average molecular weight is 282 g/mol. The molecule has 1 aromatic carbocycles. The lowest BCUT2D eigenvalue weighted by molar-refractivity contribution is 0.0692. The van der Waals surface area contributed by atoms with Gasteiger partial charge in [-0.1, -0.05) is 11.6 Å². The maximum atomic E-state index is 13.3. The number of ether oxygens (including phenoxy) is 1. The van der Waals surface area contributed by atoms with Gasteiger partial charge in [-0.05, 0) is 29.8 Å². The molecule has 0 saturated heterocycles. The topological polar surface area (TPSA) is 59.4 Å². The molecule has 2 aromatic rings. The standard InChI is InChI=1S/C13H9ClFNO3/c1-19-12-11(13(17)18)4-8(6-16-12)7-2-9(14)5-10(15)3-7/h2-6H,1H3,(H,17,18). The van der Waals surface area contributed by atoms with Crippen molar-refractivity contribution in [1.82, 2.24) is 4.98 Å². The van der Waals surface area contributed by atoms with Crippen LogP contribution >= 0.6 is 11.6 Å². The Morgan fingerprint density at radius 2 is 2.05 bits per heavy atom. The molecule has 0 unspecified atom stereocenters. The summed E-state index contributed by atoms with van der Waals surface area (Å²) in [6.07, 6.45) is 1.40. The van der Waals surface area contributed by atoms with Crippen molar-refractivity contribution >= 4 is 17.6 Å². The van der Waals surface area contributed by atoms with Gasteiger partial charge in [0.25, 0.3) is 0 Å². The second kappa shape index (κ2) is 5.24. The summed E-state index contributed by atoms with van der Waals surface area (Å²) in [5.74, 6) is -1.68. The minimum absolute atomic E-state index is 0.00116. The number of methoxy groups -OCH3 is 1. The number of carboxylic acids is 1. The number of rotatable bonds is 3. The van der Waals surface area contributed by atoms with Crippen molar-refractivity contribution in [3.8, 4) is 17.0 Å². The summed E-state index contributed by atoms with van der Waals surface area (Å²) in [6, 6.07) is 5.31. The molecule has 1 heterocycles. The summed E-state index contributed by atoms with van der Waals surface area (Å²) in [4.78, 5) is 15.0. The molecule has 0 amide bonds. The van der Waals surface area contributed by atoms with E-state index in [0.29, 0.717) is 11.1 Å². The average Bonchev–Trinajstić information content (AvgIpc) is 2.36. The van der Waals surface area contributed by atoms with E-state index in [1.807, 2.05) is 0 Å². The van der Waals surface area contributed by atoms with Crippen molar-refractivity contribution < 1.29 is 19.0 Å². The number of nitrogens with zero attached hydrogens (tertiary/aromatic N) is 1. The first kappa shape index (κ1) is 13.3. The Hall–Kier alpha value is -2.14. The van der Waals surface area contributed by atoms with Crippen LogP contribution in [0, 0.1) is 5.82 Å². The summed E-state index contributed by atoms with van der Waals surface area (Å²) < 4.78 is 18.1. The molecule has 1 aromatic heterocycles. The van der Waals surface area contributed by atoms with Crippen LogP contribution in [0.5, 0.6) is 5.88 Å². The quantitative estimate of drug-likeness (QED) is 0.938. The first-order valence-electron chi connectivity index (χ1n) is 5.25. The molecule has 1 N–H and O–H groups in total. The number of carboxylic acid groups (broad SMARTS) is 1. The van der Waals surface area contributed by atoms with E-state index >= 15 is 0 Å². The van der Waals surface area contributed by atoms with Crippen molar-refractivity contribution in [3.05, 3.63) is 46.9 Å². The third-order valence-electron chi connectivity index (χ3n) is 2.47. The SMILES string of the molecule is COc1ncc(-c2cc(F)cc(Cl)c2)cc1C(=O)O. The summed E-state index contributed by atoms with van der Waals surface area (Å²) in [7, 11) is 1.33. The fourth-order valence-electron chi connectivity index (χ4n) is 1.65. The molecule has 0 saturated carbocycles. The van der Waals surface area contributed by atoms with Gasteiger partial charge in [0.05, 0.1) is 7.11 Å². The van der Waals surface area contributed by atoms with E-state index in [2.05, 4.69) is 4.98 Å². The molecule has 6 heteroatoms. The first-order chi connectivity index (χ1) is 9.01.